The summed E-state index contributed by atoms with van der Waals surface area (Å²) in [6.07, 6.45) is 0. The molecule has 1 N–H and O–H groups in total. The molecule has 0 bridgehead atoms. The summed E-state index contributed by atoms with van der Waals surface area (Å²) in [7, 11) is 1.47. The summed E-state index contributed by atoms with van der Waals surface area (Å²) in [6, 6.07) is 9.84. The van der Waals surface area contributed by atoms with Gasteiger partial charge >= 0.3 is 0 Å². The molecule has 21 heavy (non-hydrogen) atoms. The van der Waals surface area contributed by atoms with Gasteiger partial charge in [-0.05, 0) is 42.8 Å². The zero-order valence-electron chi connectivity index (χ0n) is 11.9. The van der Waals surface area contributed by atoms with Crippen molar-refractivity contribution in [3.05, 3.63) is 52.8 Å². The number of rotatable bonds is 5. The Kier molecular flexibility index (Phi) is 4.91. The van der Waals surface area contributed by atoms with Crippen molar-refractivity contribution >= 4 is 17.3 Å². The molecule has 5 heteroatoms. The van der Waals surface area contributed by atoms with Gasteiger partial charge < -0.3 is 14.7 Å². The molecule has 0 saturated carbocycles. The van der Waals surface area contributed by atoms with Crippen molar-refractivity contribution < 1.29 is 14.2 Å². The van der Waals surface area contributed by atoms with E-state index in [-0.39, 0.29) is 16.6 Å². The number of halogens is 2. The Morgan fingerprint density at radius 3 is 2.67 bits per heavy atom. The molecule has 0 atom stereocenters. The van der Waals surface area contributed by atoms with E-state index in [2.05, 4.69) is 0 Å². The van der Waals surface area contributed by atoms with Gasteiger partial charge in [-0.25, -0.2) is 4.39 Å². The number of methoxy groups -OCH3 is 1. The van der Waals surface area contributed by atoms with Crippen LogP contribution in [0.5, 0.6) is 11.5 Å². The zero-order valence-corrected chi connectivity index (χ0v) is 12.7. The average molecular weight is 310 g/mol. The molecule has 112 valence electrons. The summed E-state index contributed by atoms with van der Waals surface area (Å²) in [5, 5.41) is 9.98. The van der Waals surface area contributed by atoms with Gasteiger partial charge in [0, 0.05) is 18.8 Å². The molecular weight excluding hydrogens is 293 g/mol. The van der Waals surface area contributed by atoms with E-state index in [4.69, 9.17) is 16.3 Å². The quantitative estimate of drug-likeness (QED) is 0.897. The molecule has 0 saturated heterocycles. The minimum Gasteiger partial charge on any atom is -0.503 e. The van der Waals surface area contributed by atoms with Crippen LogP contribution >= 0.6 is 11.6 Å². The lowest BCUT2D eigenvalue weighted by atomic mass is 10.1. The number of anilines is 1. The fourth-order valence-corrected chi connectivity index (χ4v) is 2.39. The first-order chi connectivity index (χ1) is 10.0. The second-order valence-electron chi connectivity index (χ2n) is 4.62. The van der Waals surface area contributed by atoms with Crippen LogP contribution in [-0.2, 0) is 6.54 Å². The van der Waals surface area contributed by atoms with E-state index in [9.17, 15) is 9.50 Å². The van der Waals surface area contributed by atoms with Crippen molar-refractivity contribution in [2.24, 2.45) is 0 Å². The van der Waals surface area contributed by atoms with Crippen LogP contribution in [0.3, 0.4) is 0 Å². The molecule has 0 spiro atoms. The molecular formula is C16H17ClFNO2. The van der Waals surface area contributed by atoms with E-state index in [1.54, 1.807) is 18.2 Å². The highest BCUT2D eigenvalue weighted by Crippen LogP contribution is 2.35. The normalized spacial score (nSPS) is 10.5. The Morgan fingerprint density at radius 2 is 2.05 bits per heavy atom. The predicted molar refractivity (Wildman–Crippen MR) is 82.8 cm³/mol. The number of benzene rings is 2. The first-order valence-corrected chi connectivity index (χ1v) is 6.98. The van der Waals surface area contributed by atoms with Crippen molar-refractivity contribution in [1.82, 2.24) is 0 Å². The summed E-state index contributed by atoms with van der Waals surface area (Å²) in [5.41, 5.74) is 1.67. The average Bonchev–Trinajstić information content (AvgIpc) is 2.48. The monoisotopic (exact) mass is 309 g/mol. The van der Waals surface area contributed by atoms with E-state index in [1.807, 2.05) is 17.9 Å². The lowest BCUT2D eigenvalue weighted by molar-refractivity contribution is 0.373. The number of hydrogen-bond acceptors (Lipinski definition) is 3. The largest absolute Gasteiger partial charge is 0.503 e. The fourth-order valence-electron chi connectivity index (χ4n) is 2.15. The van der Waals surface area contributed by atoms with Gasteiger partial charge in [0.2, 0.25) is 0 Å². The minimum atomic E-state index is -0.271. The van der Waals surface area contributed by atoms with E-state index >= 15 is 0 Å². The maximum absolute atomic E-state index is 13.3. The van der Waals surface area contributed by atoms with Crippen molar-refractivity contribution in [3.8, 4) is 11.5 Å². The number of nitrogens with zero attached hydrogens (tertiary/aromatic N) is 1. The standard InChI is InChI=1S/C16H17ClFNO2/c1-3-19(13-6-4-5-12(18)9-13)10-11-7-14(17)16(20)15(8-11)21-2/h4-9,20H,3,10H2,1-2H3. The molecule has 2 rings (SSSR count). The molecule has 0 radical (unpaired) electrons. The SMILES string of the molecule is CCN(Cc1cc(Cl)c(O)c(OC)c1)c1cccc(F)c1. The van der Waals surface area contributed by atoms with Gasteiger partial charge in [0.05, 0.1) is 12.1 Å². The number of aromatic hydroxyl groups is 1. The van der Waals surface area contributed by atoms with E-state index < -0.39 is 0 Å². The number of phenolic OH excluding ortho intramolecular Hbond substituents is 1. The summed E-state index contributed by atoms with van der Waals surface area (Å²) in [4.78, 5) is 2.01. The first-order valence-electron chi connectivity index (χ1n) is 6.61. The predicted octanol–water partition coefficient (Wildman–Crippen LogP) is 4.22. The van der Waals surface area contributed by atoms with E-state index in [0.29, 0.717) is 18.8 Å². The second kappa shape index (κ2) is 6.68. The van der Waals surface area contributed by atoms with Crippen LogP contribution in [0.4, 0.5) is 10.1 Å². The topological polar surface area (TPSA) is 32.7 Å². The third-order valence-electron chi connectivity index (χ3n) is 3.24. The van der Waals surface area contributed by atoms with Crippen LogP contribution in [0, 0.1) is 5.82 Å². The van der Waals surface area contributed by atoms with Crippen molar-refractivity contribution in [1.29, 1.82) is 0 Å². The molecule has 0 fully saturated rings. The van der Waals surface area contributed by atoms with Crippen LogP contribution in [0.2, 0.25) is 5.02 Å². The summed E-state index contributed by atoms with van der Waals surface area (Å²) in [5.74, 6) is -0.0169. The van der Waals surface area contributed by atoms with Gasteiger partial charge in [-0.2, -0.15) is 0 Å². The zero-order chi connectivity index (χ0) is 15.4. The molecule has 0 aliphatic rings. The van der Waals surface area contributed by atoms with Gasteiger partial charge in [-0.3, -0.25) is 0 Å². The van der Waals surface area contributed by atoms with Gasteiger partial charge in [0.25, 0.3) is 0 Å². The Hall–Kier alpha value is -1.94. The van der Waals surface area contributed by atoms with Crippen molar-refractivity contribution in [3.63, 3.8) is 0 Å². The van der Waals surface area contributed by atoms with Crippen LogP contribution in [0.15, 0.2) is 36.4 Å². The molecule has 0 aromatic heterocycles. The Labute approximate surface area is 128 Å². The number of ether oxygens (including phenoxy) is 1. The summed E-state index contributed by atoms with van der Waals surface area (Å²) < 4.78 is 18.4. The molecule has 2 aromatic rings. The molecule has 0 amide bonds. The highest BCUT2D eigenvalue weighted by Gasteiger charge is 2.12. The highest BCUT2D eigenvalue weighted by atomic mass is 35.5. The molecule has 0 aliphatic heterocycles. The second-order valence-corrected chi connectivity index (χ2v) is 5.03. The lowest BCUT2D eigenvalue weighted by Crippen LogP contribution is -2.22. The number of hydrogen-bond donors (Lipinski definition) is 1. The summed E-state index contributed by atoms with van der Waals surface area (Å²) >= 11 is 5.99. The Morgan fingerprint density at radius 1 is 1.29 bits per heavy atom. The maximum atomic E-state index is 13.3. The molecule has 3 nitrogen and oxygen atoms in total. The Bertz CT molecular complexity index is 634. The molecule has 2 aromatic carbocycles. The Balaban J connectivity index is 2.29. The van der Waals surface area contributed by atoms with E-state index in [0.717, 1.165) is 11.3 Å². The minimum absolute atomic E-state index is 0.0725. The first kappa shape index (κ1) is 15.4. The van der Waals surface area contributed by atoms with Gasteiger partial charge in [0.1, 0.15) is 5.82 Å². The van der Waals surface area contributed by atoms with Gasteiger partial charge in [-0.15, -0.1) is 0 Å². The highest BCUT2D eigenvalue weighted by molar-refractivity contribution is 6.32. The van der Waals surface area contributed by atoms with Crippen LogP contribution in [0.25, 0.3) is 0 Å². The van der Waals surface area contributed by atoms with Crippen LogP contribution < -0.4 is 9.64 Å². The molecule has 0 heterocycles. The third-order valence-corrected chi connectivity index (χ3v) is 3.52. The van der Waals surface area contributed by atoms with Crippen molar-refractivity contribution in [2.45, 2.75) is 13.5 Å². The number of phenols is 1. The maximum Gasteiger partial charge on any atom is 0.176 e. The van der Waals surface area contributed by atoms with Crippen molar-refractivity contribution in [2.75, 3.05) is 18.6 Å². The van der Waals surface area contributed by atoms with Crippen LogP contribution in [0.1, 0.15) is 12.5 Å². The molecule has 0 aliphatic carbocycles. The summed E-state index contributed by atoms with van der Waals surface area (Å²) in [6.45, 7) is 3.24. The smallest absolute Gasteiger partial charge is 0.176 e. The fraction of sp³-hybridized carbons (Fsp3) is 0.250. The van der Waals surface area contributed by atoms with Gasteiger partial charge in [-0.1, -0.05) is 17.7 Å². The van der Waals surface area contributed by atoms with Gasteiger partial charge in [0.15, 0.2) is 11.5 Å². The van der Waals surface area contributed by atoms with E-state index in [1.165, 1.54) is 19.2 Å². The molecule has 0 unspecified atom stereocenters. The third kappa shape index (κ3) is 3.58. The lowest BCUT2D eigenvalue weighted by Gasteiger charge is -2.23. The van der Waals surface area contributed by atoms with Crippen LogP contribution in [-0.4, -0.2) is 18.8 Å².